The van der Waals surface area contributed by atoms with Crippen molar-refractivity contribution in [2.45, 2.75) is 53.1 Å². The number of esters is 2. The zero-order valence-corrected chi connectivity index (χ0v) is 14.4. The number of carbonyl (C=O) groups excluding carboxylic acids is 2. The molecular weight excluding hydrogens is 280 g/mol. The SMILES string of the molecule is C=C(C)C(=O)OC.C=CC(=O)O[C@H]1C[C@@H]2CC[C@@]1(C)C2(C)C. The minimum absolute atomic E-state index is 0.0942. The van der Waals surface area contributed by atoms with Crippen molar-refractivity contribution in [2.75, 3.05) is 7.11 Å². The molecule has 0 unspecified atom stereocenters. The van der Waals surface area contributed by atoms with Crippen molar-refractivity contribution in [3.8, 4) is 0 Å². The van der Waals surface area contributed by atoms with E-state index in [1.165, 1.54) is 26.0 Å². The van der Waals surface area contributed by atoms with Gasteiger partial charge in [-0.2, -0.15) is 0 Å². The second-order valence-electron chi connectivity index (χ2n) is 7.01. The largest absolute Gasteiger partial charge is 0.466 e. The van der Waals surface area contributed by atoms with Gasteiger partial charge in [0, 0.05) is 17.1 Å². The fourth-order valence-electron chi connectivity index (χ4n) is 3.67. The number of carbonyl (C=O) groups is 2. The molecule has 2 aliphatic rings. The molecule has 2 saturated carbocycles. The maximum atomic E-state index is 11.3. The third kappa shape index (κ3) is 3.26. The summed E-state index contributed by atoms with van der Waals surface area (Å²) in [6.07, 6.45) is 4.85. The van der Waals surface area contributed by atoms with Gasteiger partial charge in [-0.05, 0) is 37.5 Å². The summed E-state index contributed by atoms with van der Waals surface area (Å²) >= 11 is 0. The van der Waals surface area contributed by atoms with E-state index in [0.717, 1.165) is 6.42 Å². The van der Waals surface area contributed by atoms with Gasteiger partial charge in [0.05, 0.1) is 7.11 Å². The Balaban J connectivity index is 0.000000295. The Morgan fingerprint density at radius 1 is 1.27 bits per heavy atom. The van der Waals surface area contributed by atoms with E-state index < -0.39 is 0 Å². The van der Waals surface area contributed by atoms with Gasteiger partial charge in [0.2, 0.25) is 0 Å². The summed E-state index contributed by atoms with van der Waals surface area (Å²) in [5, 5.41) is 0. The number of rotatable bonds is 3. The molecule has 3 atom stereocenters. The van der Waals surface area contributed by atoms with Gasteiger partial charge in [-0.1, -0.05) is 33.9 Å². The summed E-state index contributed by atoms with van der Waals surface area (Å²) in [7, 11) is 1.33. The van der Waals surface area contributed by atoms with Gasteiger partial charge in [-0.25, -0.2) is 9.59 Å². The molecule has 124 valence electrons. The van der Waals surface area contributed by atoms with Crippen LogP contribution in [-0.2, 0) is 19.1 Å². The summed E-state index contributed by atoms with van der Waals surface area (Å²) in [4.78, 5) is 21.4. The van der Waals surface area contributed by atoms with Gasteiger partial charge in [-0.15, -0.1) is 0 Å². The summed E-state index contributed by atoms with van der Waals surface area (Å²) in [5.74, 6) is 0.0923. The van der Waals surface area contributed by atoms with Gasteiger partial charge in [0.25, 0.3) is 0 Å². The Morgan fingerprint density at radius 2 is 1.86 bits per heavy atom. The maximum Gasteiger partial charge on any atom is 0.332 e. The molecule has 2 fully saturated rings. The first-order valence-corrected chi connectivity index (χ1v) is 7.67. The van der Waals surface area contributed by atoms with E-state index >= 15 is 0 Å². The zero-order valence-electron chi connectivity index (χ0n) is 14.4. The lowest BCUT2D eigenvalue weighted by molar-refractivity contribution is -0.150. The fraction of sp³-hybridized carbons (Fsp3) is 0.667. The zero-order chi connectivity index (χ0) is 17.1. The predicted molar refractivity (Wildman–Crippen MR) is 86.1 cm³/mol. The smallest absolute Gasteiger partial charge is 0.332 e. The Morgan fingerprint density at radius 3 is 2.14 bits per heavy atom. The second kappa shape index (κ2) is 6.67. The van der Waals surface area contributed by atoms with Crippen LogP contribution in [0.2, 0.25) is 0 Å². The highest BCUT2D eigenvalue weighted by atomic mass is 16.5. The van der Waals surface area contributed by atoms with Crippen LogP contribution in [0.25, 0.3) is 0 Å². The molecular formula is C18H28O4. The van der Waals surface area contributed by atoms with Crippen molar-refractivity contribution < 1.29 is 19.1 Å². The summed E-state index contributed by atoms with van der Waals surface area (Å²) in [5.41, 5.74) is 0.901. The average molecular weight is 308 g/mol. The van der Waals surface area contributed by atoms with Crippen LogP contribution >= 0.6 is 0 Å². The van der Waals surface area contributed by atoms with Crippen molar-refractivity contribution in [2.24, 2.45) is 16.7 Å². The van der Waals surface area contributed by atoms with Gasteiger partial charge >= 0.3 is 11.9 Å². The maximum absolute atomic E-state index is 11.3. The van der Waals surface area contributed by atoms with Crippen molar-refractivity contribution in [3.05, 3.63) is 24.8 Å². The minimum Gasteiger partial charge on any atom is -0.466 e. The number of hydrogen-bond donors (Lipinski definition) is 0. The van der Waals surface area contributed by atoms with Crippen LogP contribution in [0.15, 0.2) is 24.8 Å². The Bertz CT molecular complexity index is 477. The first-order valence-electron chi connectivity index (χ1n) is 7.67. The molecule has 2 rings (SSSR count). The lowest BCUT2D eigenvalue weighted by atomic mass is 9.70. The number of fused-ring (bicyclic) bond motifs is 2. The normalized spacial score (nSPS) is 30.8. The molecule has 22 heavy (non-hydrogen) atoms. The minimum atomic E-state index is -0.347. The van der Waals surface area contributed by atoms with Crippen LogP contribution < -0.4 is 0 Å². The van der Waals surface area contributed by atoms with Crippen LogP contribution in [0.1, 0.15) is 47.0 Å². The van der Waals surface area contributed by atoms with Crippen molar-refractivity contribution in [1.82, 2.24) is 0 Å². The molecule has 0 saturated heterocycles. The molecule has 2 bridgehead atoms. The first kappa shape index (κ1) is 18.5. The molecule has 0 amide bonds. The molecule has 4 heteroatoms. The molecule has 0 aromatic carbocycles. The van der Waals surface area contributed by atoms with Gasteiger partial charge in [-0.3, -0.25) is 0 Å². The fourth-order valence-corrected chi connectivity index (χ4v) is 3.67. The monoisotopic (exact) mass is 308 g/mol. The third-order valence-corrected chi connectivity index (χ3v) is 5.67. The van der Waals surface area contributed by atoms with Crippen LogP contribution in [-0.4, -0.2) is 25.2 Å². The van der Waals surface area contributed by atoms with E-state index in [1.54, 1.807) is 6.92 Å². The lowest BCUT2D eigenvalue weighted by Crippen LogP contribution is -2.38. The Hall–Kier alpha value is -1.58. The molecule has 0 aliphatic heterocycles. The van der Waals surface area contributed by atoms with E-state index in [0.29, 0.717) is 16.9 Å². The summed E-state index contributed by atoms with van der Waals surface area (Å²) in [6, 6.07) is 0. The lowest BCUT2D eigenvalue weighted by Gasteiger charge is -2.38. The van der Waals surface area contributed by atoms with E-state index in [-0.39, 0.29) is 23.5 Å². The quantitative estimate of drug-likeness (QED) is 0.589. The number of ether oxygens (including phenoxy) is 2. The highest BCUT2D eigenvalue weighted by molar-refractivity contribution is 5.86. The molecule has 4 nitrogen and oxygen atoms in total. The van der Waals surface area contributed by atoms with Crippen molar-refractivity contribution >= 4 is 11.9 Å². The molecule has 0 heterocycles. The average Bonchev–Trinajstić information content (AvgIpc) is 2.80. The van der Waals surface area contributed by atoms with E-state index in [9.17, 15) is 9.59 Å². The van der Waals surface area contributed by atoms with Crippen molar-refractivity contribution in [3.63, 3.8) is 0 Å². The molecule has 0 N–H and O–H groups in total. The van der Waals surface area contributed by atoms with E-state index in [1.807, 2.05) is 0 Å². The highest BCUT2D eigenvalue weighted by Gasteiger charge is 2.62. The molecule has 2 aliphatic carbocycles. The van der Waals surface area contributed by atoms with E-state index in [4.69, 9.17) is 4.74 Å². The second-order valence-corrected chi connectivity index (χ2v) is 7.01. The Kier molecular flexibility index (Phi) is 5.60. The molecule has 0 radical (unpaired) electrons. The predicted octanol–water partition coefficient (Wildman–Crippen LogP) is 3.67. The van der Waals surface area contributed by atoms with Crippen molar-refractivity contribution in [1.29, 1.82) is 0 Å². The van der Waals surface area contributed by atoms with Crippen LogP contribution in [0, 0.1) is 16.7 Å². The van der Waals surface area contributed by atoms with E-state index in [2.05, 4.69) is 38.7 Å². The topological polar surface area (TPSA) is 52.6 Å². The first-order chi connectivity index (χ1) is 10.1. The standard InChI is InChI=1S/C13H20O2.C5H8O2/c1-5-11(14)15-10-8-9-6-7-13(10,4)12(9,2)3;1-4(2)5(6)7-3/h5,9-10H,1,6-8H2,2-4H3;1H2,2-3H3/t9-,10-,13+;/m0./s1. The summed E-state index contributed by atoms with van der Waals surface area (Å²) < 4.78 is 9.75. The molecule has 0 spiro atoms. The van der Waals surface area contributed by atoms with Gasteiger partial charge in [0.15, 0.2) is 0 Å². The number of hydrogen-bond acceptors (Lipinski definition) is 4. The number of methoxy groups -OCH3 is 1. The summed E-state index contributed by atoms with van der Waals surface area (Å²) in [6.45, 7) is 15.3. The van der Waals surface area contributed by atoms with Gasteiger partial charge in [0.1, 0.15) is 6.10 Å². The highest BCUT2D eigenvalue weighted by Crippen LogP contribution is 2.66. The van der Waals surface area contributed by atoms with Crippen LogP contribution in [0.4, 0.5) is 0 Å². The Labute approximate surface area is 133 Å². The van der Waals surface area contributed by atoms with Crippen LogP contribution in [0.5, 0.6) is 0 Å². The van der Waals surface area contributed by atoms with Gasteiger partial charge < -0.3 is 9.47 Å². The third-order valence-electron chi connectivity index (χ3n) is 5.67. The molecule has 0 aromatic rings. The molecule has 0 aromatic heterocycles. The van der Waals surface area contributed by atoms with Crippen LogP contribution in [0.3, 0.4) is 0 Å².